The number of hydrogen-bond donors (Lipinski definition) is 1. The van der Waals surface area contributed by atoms with Crippen LogP contribution in [-0.4, -0.2) is 42.4 Å². The Kier molecular flexibility index (Phi) is 6.81. The number of nitrogens with zero attached hydrogens (tertiary/aromatic N) is 3. The predicted molar refractivity (Wildman–Crippen MR) is 116 cm³/mol. The van der Waals surface area contributed by atoms with Crippen LogP contribution in [0.15, 0.2) is 58.5 Å². The number of carbonyl (C=O) groups excluding carboxylic acids is 1. The molecule has 0 aromatic heterocycles. The summed E-state index contributed by atoms with van der Waals surface area (Å²) in [6.07, 6.45) is 0.782. The largest absolute Gasteiger partial charge is 0.273 e. The number of hydrogen-bond acceptors (Lipinski definition) is 6. The van der Waals surface area contributed by atoms with Crippen molar-refractivity contribution in [2.24, 2.45) is 11.0 Å². The maximum absolute atomic E-state index is 12.8. The minimum Gasteiger partial charge on any atom is -0.273 e. The van der Waals surface area contributed by atoms with Crippen molar-refractivity contribution >= 4 is 27.3 Å². The molecule has 9 nitrogen and oxygen atoms in total. The highest BCUT2D eigenvalue weighted by atomic mass is 32.2. The monoisotopic (exact) mass is 444 g/mol. The minimum absolute atomic E-state index is 0.0551. The molecule has 1 saturated heterocycles. The van der Waals surface area contributed by atoms with E-state index in [0.29, 0.717) is 24.1 Å². The number of sulfonamides is 1. The van der Waals surface area contributed by atoms with E-state index in [1.807, 2.05) is 6.92 Å². The third-order valence-corrected chi connectivity index (χ3v) is 7.20. The molecule has 1 N–H and O–H groups in total. The number of hydrazone groups is 1. The van der Waals surface area contributed by atoms with Gasteiger partial charge in [0.25, 0.3) is 5.69 Å². The summed E-state index contributed by atoms with van der Waals surface area (Å²) >= 11 is 0. The summed E-state index contributed by atoms with van der Waals surface area (Å²) in [4.78, 5) is 23.1. The molecule has 10 heteroatoms. The van der Waals surface area contributed by atoms with Gasteiger partial charge in [0.2, 0.25) is 15.9 Å². The van der Waals surface area contributed by atoms with Gasteiger partial charge in [0.05, 0.1) is 15.5 Å². The molecule has 0 saturated carbocycles. The predicted octanol–water partition coefficient (Wildman–Crippen LogP) is 2.84. The number of nitro groups is 1. The molecule has 1 aliphatic heterocycles. The Morgan fingerprint density at radius 1 is 1.16 bits per heavy atom. The van der Waals surface area contributed by atoms with Crippen LogP contribution in [-0.2, 0) is 14.8 Å². The zero-order chi connectivity index (χ0) is 22.6. The standard InChI is InChI=1S/C21H24N4O5S/c1-15-6-8-20(9-7-15)31(29,30)24-12-10-17(11-13-24)21(26)23-22-16(2)18-4-3-5-19(14-18)25(27)28/h3-9,14,17H,10-13H2,1-2H3,(H,23,26)/b22-16+. The van der Waals surface area contributed by atoms with E-state index in [1.54, 1.807) is 43.3 Å². The molecule has 0 unspecified atom stereocenters. The number of benzene rings is 2. The number of non-ortho nitro benzene ring substituents is 1. The summed E-state index contributed by atoms with van der Waals surface area (Å²) in [5.41, 5.74) is 4.41. The first-order valence-electron chi connectivity index (χ1n) is 9.84. The summed E-state index contributed by atoms with van der Waals surface area (Å²) in [6, 6.07) is 12.7. The molecule has 0 spiro atoms. The SMILES string of the molecule is C/C(=N\NC(=O)C1CCN(S(=O)(=O)c2ccc(C)cc2)CC1)c1cccc([N+](=O)[O-])c1. The maximum Gasteiger partial charge on any atom is 0.270 e. The fourth-order valence-corrected chi connectivity index (χ4v) is 4.83. The smallest absolute Gasteiger partial charge is 0.270 e. The van der Waals surface area contributed by atoms with Gasteiger partial charge in [-0.05, 0) is 38.8 Å². The fourth-order valence-electron chi connectivity index (χ4n) is 3.36. The normalized spacial score (nSPS) is 16.1. The van der Waals surface area contributed by atoms with E-state index >= 15 is 0 Å². The summed E-state index contributed by atoms with van der Waals surface area (Å²) in [6.45, 7) is 4.05. The molecule has 2 aromatic rings. The number of carbonyl (C=O) groups is 1. The van der Waals surface area contributed by atoms with E-state index in [4.69, 9.17) is 0 Å². The van der Waals surface area contributed by atoms with Gasteiger partial charge in [0.15, 0.2) is 0 Å². The molecule has 1 heterocycles. The maximum atomic E-state index is 12.8. The minimum atomic E-state index is -3.58. The number of aryl methyl sites for hydroxylation is 1. The van der Waals surface area contributed by atoms with Crippen molar-refractivity contribution in [2.45, 2.75) is 31.6 Å². The Balaban J connectivity index is 1.59. The van der Waals surface area contributed by atoms with E-state index in [1.165, 1.54) is 16.4 Å². The topological polar surface area (TPSA) is 122 Å². The first kappa shape index (κ1) is 22.6. The van der Waals surface area contributed by atoms with Crippen molar-refractivity contribution in [3.63, 3.8) is 0 Å². The van der Waals surface area contributed by atoms with Gasteiger partial charge in [-0.25, -0.2) is 13.8 Å². The first-order chi connectivity index (χ1) is 14.7. The van der Waals surface area contributed by atoms with Crippen molar-refractivity contribution in [3.05, 3.63) is 69.8 Å². The Bertz CT molecular complexity index is 1100. The van der Waals surface area contributed by atoms with E-state index in [9.17, 15) is 23.3 Å². The Hall–Kier alpha value is -3.11. The van der Waals surface area contributed by atoms with Crippen LogP contribution >= 0.6 is 0 Å². The lowest BCUT2D eigenvalue weighted by Crippen LogP contribution is -2.42. The molecule has 31 heavy (non-hydrogen) atoms. The molecule has 164 valence electrons. The van der Waals surface area contributed by atoms with Gasteiger partial charge in [0, 0.05) is 36.7 Å². The number of amides is 1. The van der Waals surface area contributed by atoms with Gasteiger partial charge in [-0.15, -0.1) is 0 Å². The first-order valence-corrected chi connectivity index (χ1v) is 11.3. The molecule has 0 bridgehead atoms. The average molecular weight is 445 g/mol. The molecule has 1 amide bonds. The highest BCUT2D eigenvalue weighted by molar-refractivity contribution is 7.89. The third kappa shape index (κ3) is 5.33. The zero-order valence-corrected chi connectivity index (χ0v) is 18.1. The van der Waals surface area contributed by atoms with Crippen molar-refractivity contribution in [3.8, 4) is 0 Å². The van der Waals surface area contributed by atoms with Crippen molar-refractivity contribution in [2.75, 3.05) is 13.1 Å². The molecule has 0 aliphatic carbocycles. The van der Waals surface area contributed by atoms with E-state index in [-0.39, 0.29) is 35.5 Å². The molecular formula is C21H24N4O5S. The van der Waals surface area contributed by atoms with E-state index in [0.717, 1.165) is 5.56 Å². The Morgan fingerprint density at radius 2 is 1.81 bits per heavy atom. The number of nitrogens with one attached hydrogen (secondary N) is 1. The van der Waals surface area contributed by atoms with Gasteiger partial charge >= 0.3 is 0 Å². The molecule has 0 atom stereocenters. The van der Waals surface area contributed by atoms with Crippen LogP contribution in [0.25, 0.3) is 0 Å². The van der Waals surface area contributed by atoms with Gasteiger partial charge in [-0.1, -0.05) is 29.8 Å². The van der Waals surface area contributed by atoms with Crippen LogP contribution < -0.4 is 5.43 Å². The Morgan fingerprint density at radius 3 is 2.42 bits per heavy atom. The number of piperidine rings is 1. The van der Waals surface area contributed by atoms with Crippen LogP contribution in [0.1, 0.15) is 30.9 Å². The van der Waals surface area contributed by atoms with Gasteiger partial charge < -0.3 is 0 Å². The molecule has 0 radical (unpaired) electrons. The van der Waals surface area contributed by atoms with Gasteiger partial charge in [-0.2, -0.15) is 9.41 Å². The second-order valence-corrected chi connectivity index (χ2v) is 9.41. The highest BCUT2D eigenvalue weighted by Gasteiger charge is 2.32. The third-order valence-electron chi connectivity index (χ3n) is 5.29. The van der Waals surface area contributed by atoms with Crippen LogP contribution in [0.2, 0.25) is 0 Å². The number of rotatable bonds is 6. The number of nitro benzene ring substituents is 1. The lowest BCUT2D eigenvalue weighted by molar-refractivity contribution is -0.384. The van der Waals surface area contributed by atoms with Crippen LogP contribution in [0.5, 0.6) is 0 Å². The molecule has 1 aliphatic rings. The van der Waals surface area contributed by atoms with Gasteiger partial charge in [0.1, 0.15) is 0 Å². The van der Waals surface area contributed by atoms with Crippen molar-refractivity contribution < 1.29 is 18.1 Å². The fraction of sp³-hybridized carbons (Fsp3) is 0.333. The van der Waals surface area contributed by atoms with Gasteiger partial charge in [-0.3, -0.25) is 14.9 Å². The summed E-state index contributed by atoms with van der Waals surface area (Å²) < 4.78 is 27.0. The Labute approximate surface area is 181 Å². The second-order valence-electron chi connectivity index (χ2n) is 7.47. The lowest BCUT2D eigenvalue weighted by atomic mass is 9.98. The molecule has 3 rings (SSSR count). The van der Waals surface area contributed by atoms with Crippen LogP contribution in [0, 0.1) is 23.0 Å². The quantitative estimate of drug-likeness (QED) is 0.417. The van der Waals surface area contributed by atoms with E-state index in [2.05, 4.69) is 10.5 Å². The second kappa shape index (κ2) is 9.36. The highest BCUT2D eigenvalue weighted by Crippen LogP contribution is 2.24. The van der Waals surface area contributed by atoms with Crippen molar-refractivity contribution in [1.82, 2.24) is 9.73 Å². The summed E-state index contributed by atoms with van der Waals surface area (Å²) in [7, 11) is -3.58. The summed E-state index contributed by atoms with van der Waals surface area (Å²) in [5, 5.41) is 15.0. The molecule has 1 fully saturated rings. The molecular weight excluding hydrogens is 420 g/mol. The van der Waals surface area contributed by atoms with Crippen LogP contribution in [0.3, 0.4) is 0 Å². The zero-order valence-electron chi connectivity index (χ0n) is 17.3. The summed E-state index contributed by atoms with van der Waals surface area (Å²) in [5.74, 6) is -0.650. The van der Waals surface area contributed by atoms with E-state index < -0.39 is 14.9 Å². The van der Waals surface area contributed by atoms with Crippen molar-refractivity contribution in [1.29, 1.82) is 0 Å². The lowest BCUT2D eigenvalue weighted by Gasteiger charge is -2.30. The average Bonchev–Trinajstić information content (AvgIpc) is 2.77. The van der Waals surface area contributed by atoms with Crippen LogP contribution in [0.4, 0.5) is 5.69 Å². The molecule has 2 aromatic carbocycles.